The molecule has 2 rings (SSSR count). The lowest BCUT2D eigenvalue weighted by Gasteiger charge is -2.00. The van der Waals surface area contributed by atoms with E-state index in [9.17, 15) is 0 Å². The number of nitriles is 1. The van der Waals surface area contributed by atoms with E-state index >= 15 is 0 Å². The lowest BCUT2D eigenvalue weighted by Crippen LogP contribution is -1.94. The topological polar surface area (TPSA) is 33.0 Å². The molecule has 0 aliphatic heterocycles. The molecule has 0 heterocycles. The predicted octanol–water partition coefficient (Wildman–Crippen LogP) is 2.99. The third-order valence-electron chi connectivity index (χ3n) is 2.28. The van der Waals surface area contributed by atoms with Crippen molar-refractivity contribution < 1.29 is 4.74 Å². The Bertz CT molecular complexity index is 615. The summed E-state index contributed by atoms with van der Waals surface area (Å²) < 4.78 is 5.45. The first-order chi connectivity index (χ1) is 8.88. The maximum Gasteiger partial charge on any atom is 0.149 e. The Kier molecular flexibility index (Phi) is 4.01. The molecule has 0 N–H and O–H groups in total. The highest BCUT2D eigenvalue weighted by Gasteiger charge is 1.93. The van der Waals surface area contributed by atoms with Gasteiger partial charge < -0.3 is 4.74 Å². The molecule has 2 heteroatoms. The number of hydrogen-bond acceptors (Lipinski definition) is 2. The van der Waals surface area contributed by atoms with Gasteiger partial charge in [-0.1, -0.05) is 36.1 Å². The highest BCUT2D eigenvalue weighted by Crippen LogP contribution is 2.11. The first-order valence-corrected chi connectivity index (χ1v) is 5.55. The van der Waals surface area contributed by atoms with Crippen molar-refractivity contribution in [2.75, 3.05) is 6.61 Å². The van der Waals surface area contributed by atoms with Gasteiger partial charge in [-0.15, -0.1) is 0 Å². The highest BCUT2D eigenvalue weighted by atomic mass is 16.5. The Morgan fingerprint density at radius 1 is 0.944 bits per heavy atom. The van der Waals surface area contributed by atoms with E-state index in [1.54, 1.807) is 18.2 Å². The van der Waals surface area contributed by atoms with E-state index in [1.165, 1.54) is 0 Å². The average Bonchev–Trinajstić information content (AvgIpc) is 2.45. The average molecular weight is 233 g/mol. The molecule has 0 bridgehead atoms. The van der Waals surface area contributed by atoms with Gasteiger partial charge in [0.1, 0.15) is 12.4 Å². The molecule has 2 aromatic carbocycles. The van der Waals surface area contributed by atoms with Crippen LogP contribution < -0.4 is 4.74 Å². The van der Waals surface area contributed by atoms with Crippen LogP contribution in [0.1, 0.15) is 11.1 Å². The van der Waals surface area contributed by atoms with Gasteiger partial charge in [-0.2, -0.15) is 5.26 Å². The number of nitrogens with zero attached hydrogens (tertiary/aromatic N) is 1. The Balaban J connectivity index is 1.93. The molecule has 2 nitrogen and oxygen atoms in total. The number of ether oxygens (including phenoxy) is 1. The van der Waals surface area contributed by atoms with Gasteiger partial charge in [-0.05, 0) is 30.3 Å². The fourth-order valence-corrected chi connectivity index (χ4v) is 1.43. The molecular formula is C16H11NO. The molecular weight excluding hydrogens is 222 g/mol. The maximum atomic E-state index is 8.75. The normalized spacial score (nSPS) is 8.83. The van der Waals surface area contributed by atoms with Crippen LogP contribution in [0.25, 0.3) is 0 Å². The Morgan fingerprint density at radius 2 is 1.72 bits per heavy atom. The van der Waals surface area contributed by atoms with E-state index in [1.807, 2.05) is 36.4 Å². The molecule has 0 saturated heterocycles. The minimum Gasteiger partial charge on any atom is -0.481 e. The van der Waals surface area contributed by atoms with Gasteiger partial charge in [0.15, 0.2) is 0 Å². The standard InChI is InChI=1S/C16H11NO/c17-13-15-8-4-10-16(12-15)18-11-5-9-14-6-2-1-3-7-14/h1-4,6-8,10,12H,11H2. The van der Waals surface area contributed by atoms with Gasteiger partial charge in [0.25, 0.3) is 0 Å². The summed E-state index contributed by atoms with van der Waals surface area (Å²) in [6.45, 7) is 0.309. The van der Waals surface area contributed by atoms with Gasteiger partial charge in [-0.3, -0.25) is 0 Å². The smallest absolute Gasteiger partial charge is 0.149 e. The highest BCUT2D eigenvalue weighted by molar-refractivity contribution is 5.37. The Hall–Kier alpha value is -2.71. The molecule has 0 unspecified atom stereocenters. The van der Waals surface area contributed by atoms with E-state index < -0.39 is 0 Å². The zero-order valence-electron chi connectivity index (χ0n) is 9.76. The quantitative estimate of drug-likeness (QED) is 0.747. The summed E-state index contributed by atoms with van der Waals surface area (Å²) >= 11 is 0. The van der Waals surface area contributed by atoms with Crippen molar-refractivity contribution in [2.45, 2.75) is 0 Å². The summed E-state index contributed by atoms with van der Waals surface area (Å²) in [4.78, 5) is 0. The second-order valence-corrected chi connectivity index (χ2v) is 3.60. The predicted molar refractivity (Wildman–Crippen MR) is 70.0 cm³/mol. The van der Waals surface area contributed by atoms with Crippen LogP contribution in [0.3, 0.4) is 0 Å². The van der Waals surface area contributed by atoms with Gasteiger partial charge in [0.2, 0.25) is 0 Å². The van der Waals surface area contributed by atoms with E-state index in [0.29, 0.717) is 17.9 Å². The summed E-state index contributed by atoms with van der Waals surface area (Å²) in [5.74, 6) is 6.60. The molecule has 0 aromatic heterocycles. The zero-order chi connectivity index (χ0) is 12.6. The summed E-state index contributed by atoms with van der Waals surface area (Å²) in [5.41, 5.74) is 1.55. The third-order valence-corrected chi connectivity index (χ3v) is 2.28. The van der Waals surface area contributed by atoms with Crippen LogP contribution >= 0.6 is 0 Å². The molecule has 0 fully saturated rings. The van der Waals surface area contributed by atoms with Crippen molar-refractivity contribution in [2.24, 2.45) is 0 Å². The first-order valence-electron chi connectivity index (χ1n) is 5.55. The van der Waals surface area contributed by atoms with Crippen molar-refractivity contribution in [1.29, 1.82) is 5.26 Å². The van der Waals surface area contributed by atoms with Crippen molar-refractivity contribution >= 4 is 0 Å². The molecule has 0 saturated carbocycles. The second-order valence-electron chi connectivity index (χ2n) is 3.60. The SMILES string of the molecule is N#Cc1cccc(OCC#Cc2ccccc2)c1. The molecule has 0 aliphatic rings. The summed E-state index contributed by atoms with van der Waals surface area (Å²) in [5, 5.41) is 8.75. The lowest BCUT2D eigenvalue weighted by molar-refractivity contribution is 0.370. The minimum absolute atomic E-state index is 0.309. The molecule has 0 amide bonds. The van der Waals surface area contributed by atoms with Gasteiger partial charge >= 0.3 is 0 Å². The molecule has 18 heavy (non-hydrogen) atoms. The van der Waals surface area contributed by atoms with Crippen molar-refractivity contribution in [3.8, 4) is 23.7 Å². The molecule has 0 spiro atoms. The van der Waals surface area contributed by atoms with Crippen LogP contribution in [-0.4, -0.2) is 6.61 Å². The van der Waals surface area contributed by atoms with Crippen LogP contribution in [0, 0.1) is 23.2 Å². The van der Waals surface area contributed by atoms with E-state index in [0.717, 1.165) is 5.56 Å². The van der Waals surface area contributed by atoms with Crippen LogP contribution in [-0.2, 0) is 0 Å². The molecule has 0 aliphatic carbocycles. The van der Waals surface area contributed by atoms with E-state index in [-0.39, 0.29) is 0 Å². The number of benzene rings is 2. The van der Waals surface area contributed by atoms with Crippen LogP contribution in [0.2, 0.25) is 0 Å². The lowest BCUT2D eigenvalue weighted by atomic mass is 10.2. The summed E-state index contributed by atoms with van der Waals surface area (Å²) in [7, 11) is 0. The first kappa shape index (κ1) is 11.8. The monoisotopic (exact) mass is 233 g/mol. The zero-order valence-corrected chi connectivity index (χ0v) is 9.76. The van der Waals surface area contributed by atoms with Crippen molar-refractivity contribution in [3.63, 3.8) is 0 Å². The van der Waals surface area contributed by atoms with Crippen molar-refractivity contribution in [1.82, 2.24) is 0 Å². The van der Waals surface area contributed by atoms with Crippen LogP contribution in [0.15, 0.2) is 54.6 Å². The van der Waals surface area contributed by atoms with E-state index in [4.69, 9.17) is 10.00 Å². The second kappa shape index (κ2) is 6.13. The van der Waals surface area contributed by atoms with Crippen molar-refractivity contribution in [3.05, 3.63) is 65.7 Å². The van der Waals surface area contributed by atoms with Crippen LogP contribution in [0.5, 0.6) is 5.75 Å². The molecule has 0 atom stereocenters. The number of hydrogen-bond donors (Lipinski definition) is 0. The summed E-state index contributed by atoms with van der Waals surface area (Å²) in [6.07, 6.45) is 0. The fourth-order valence-electron chi connectivity index (χ4n) is 1.43. The minimum atomic E-state index is 0.309. The van der Waals surface area contributed by atoms with Crippen LogP contribution in [0.4, 0.5) is 0 Å². The number of rotatable bonds is 2. The third kappa shape index (κ3) is 3.40. The largest absolute Gasteiger partial charge is 0.481 e. The van der Waals surface area contributed by atoms with Gasteiger partial charge in [0.05, 0.1) is 11.6 Å². The summed E-state index contributed by atoms with van der Waals surface area (Å²) in [6, 6.07) is 18.8. The Morgan fingerprint density at radius 3 is 2.50 bits per heavy atom. The van der Waals surface area contributed by atoms with Gasteiger partial charge in [0, 0.05) is 5.56 Å². The van der Waals surface area contributed by atoms with E-state index in [2.05, 4.69) is 17.9 Å². The fraction of sp³-hybridized carbons (Fsp3) is 0.0625. The molecule has 86 valence electrons. The molecule has 2 aromatic rings. The molecule has 0 radical (unpaired) electrons. The Labute approximate surface area is 106 Å². The maximum absolute atomic E-state index is 8.75. The van der Waals surface area contributed by atoms with Gasteiger partial charge in [-0.25, -0.2) is 0 Å².